The molecule has 4 nitrogen and oxygen atoms in total. The van der Waals surface area contributed by atoms with Crippen molar-refractivity contribution in [2.75, 3.05) is 10.5 Å². The summed E-state index contributed by atoms with van der Waals surface area (Å²) in [5.74, 6) is -0.144. The van der Waals surface area contributed by atoms with Crippen molar-refractivity contribution in [2.45, 2.75) is 12.7 Å². The first-order valence-electron chi connectivity index (χ1n) is 5.97. The predicted molar refractivity (Wildman–Crippen MR) is 86.0 cm³/mol. The number of sulfonamides is 1. The molecule has 0 heterocycles. The third-order valence-corrected chi connectivity index (χ3v) is 4.96. The van der Waals surface area contributed by atoms with Crippen LogP contribution < -0.4 is 10.5 Å². The molecular formula is C14H15BrN2O2S. The molecule has 0 saturated carbocycles. The van der Waals surface area contributed by atoms with Crippen LogP contribution in [0.4, 0.5) is 11.4 Å². The van der Waals surface area contributed by atoms with Gasteiger partial charge in [-0.2, -0.15) is 0 Å². The summed E-state index contributed by atoms with van der Waals surface area (Å²) in [6.07, 6.45) is 0. The number of benzene rings is 2. The van der Waals surface area contributed by atoms with E-state index in [1.165, 1.54) is 0 Å². The van der Waals surface area contributed by atoms with Gasteiger partial charge in [0.1, 0.15) is 0 Å². The van der Waals surface area contributed by atoms with E-state index in [4.69, 9.17) is 5.73 Å². The van der Waals surface area contributed by atoms with E-state index < -0.39 is 10.0 Å². The first-order chi connectivity index (χ1) is 9.37. The van der Waals surface area contributed by atoms with Gasteiger partial charge in [0.2, 0.25) is 10.0 Å². The second kappa shape index (κ2) is 5.85. The molecule has 2 aromatic rings. The maximum absolute atomic E-state index is 12.1. The Labute approximate surface area is 127 Å². The van der Waals surface area contributed by atoms with E-state index in [-0.39, 0.29) is 5.75 Å². The number of anilines is 2. The summed E-state index contributed by atoms with van der Waals surface area (Å²) in [5, 5.41) is 0. The zero-order chi connectivity index (χ0) is 14.8. The molecule has 2 aromatic carbocycles. The Kier molecular flexibility index (Phi) is 4.35. The third-order valence-electron chi connectivity index (χ3n) is 2.83. The highest BCUT2D eigenvalue weighted by molar-refractivity contribution is 9.10. The predicted octanol–water partition coefficient (Wildman–Crippen LogP) is 3.28. The average molecular weight is 355 g/mol. The molecule has 0 atom stereocenters. The van der Waals surface area contributed by atoms with Crippen molar-refractivity contribution < 1.29 is 8.42 Å². The molecule has 0 spiro atoms. The molecule has 2 rings (SSSR count). The van der Waals surface area contributed by atoms with Gasteiger partial charge >= 0.3 is 0 Å². The van der Waals surface area contributed by atoms with Gasteiger partial charge in [0.15, 0.2) is 0 Å². The zero-order valence-electron chi connectivity index (χ0n) is 10.9. The Hall–Kier alpha value is -1.53. The molecule has 106 valence electrons. The van der Waals surface area contributed by atoms with Crippen molar-refractivity contribution >= 4 is 37.3 Å². The Bertz CT molecular complexity index is 730. The van der Waals surface area contributed by atoms with Crippen LogP contribution in [0.1, 0.15) is 11.1 Å². The van der Waals surface area contributed by atoms with Crippen LogP contribution in [-0.4, -0.2) is 8.42 Å². The second-order valence-corrected chi connectivity index (χ2v) is 7.10. The highest BCUT2D eigenvalue weighted by Gasteiger charge is 2.13. The lowest BCUT2D eigenvalue weighted by Gasteiger charge is -2.10. The lowest BCUT2D eigenvalue weighted by Crippen LogP contribution is -2.16. The summed E-state index contributed by atoms with van der Waals surface area (Å²) >= 11 is 3.38. The number of nitrogens with one attached hydrogen (secondary N) is 1. The normalized spacial score (nSPS) is 11.3. The standard InChI is InChI=1S/C14H15BrN2O2S/c1-10-8-12(6-7-13(10)15)17-20(18,19)9-11-4-2-3-5-14(11)16/h2-8,17H,9,16H2,1H3. The highest BCUT2D eigenvalue weighted by Crippen LogP contribution is 2.22. The number of rotatable bonds is 4. The van der Waals surface area contributed by atoms with Crippen LogP contribution >= 0.6 is 15.9 Å². The van der Waals surface area contributed by atoms with Crippen molar-refractivity contribution in [3.63, 3.8) is 0 Å². The zero-order valence-corrected chi connectivity index (χ0v) is 13.3. The Balaban J connectivity index is 2.19. The SMILES string of the molecule is Cc1cc(NS(=O)(=O)Cc2ccccc2N)ccc1Br. The van der Waals surface area contributed by atoms with Gasteiger partial charge in [-0.3, -0.25) is 4.72 Å². The first kappa shape index (κ1) is 14.9. The molecule has 0 bridgehead atoms. The topological polar surface area (TPSA) is 72.2 Å². The van der Waals surface area contributed by atoms with Crippen molar-refractivity contribution in [2.24, 2.45) is 0 Å². The minimum absolute atomic E-state index is 0.144. The summed E-state index contributed by atoms with van der Waals surface area (Å²) in [4.78, 5) is 0. The molecule has 0 saturated heterocycles. The fraction of sp³-hybridized carbons (Fsp3) is 0.143. The molecular weight excluding hydrogens is 340 g/mol. The van der Waals surface area contributed by atoms with Gasteiger partial charge in [0.05, 0.1) is 5.75 Å². The van der Waals surface area contributed by atoms with Gasteiger partial charge in [0.25, 0.3) is 0 Å². The lowest BCUT2D eigenvalue weighted by molar-refractivity contribution is 0.600. The van der Waals surface area contributed by atoms with Crippen molar-refractivity contribution in [1.29, 1.82) is 0 Å². The van der Waals surface area contributed by atoms with E-state index in [1.807, 2.05) is 13.0 Å². The summed E-state index contributed by atoms with van der Waals surface area (Å²) in [6, 6.07) is 12.2. The Morgan fingerprint density at radius 1 is 1.20 bits per heavy atom. The fourth-order valence-electron chi connectivity index (χ4n) is 1.79. The second-order valence-electron chi connectivity index (χ2n) is 4.52. The van der Waals surface area contributed by atoms with Gasteiger partial charge < -0.3 is 5.73 Å². The van der Waals surface area contributed by atoms with Crippen molar-refractivity contribution in [1.82, 2.24) is 0 Å². The fourth-order valence-corrected chi connectivity index (χ4v) is 3.27. The minimum Gasteiger partial charge on any atom is -0.398 e. The van der Waals surface area contributed by atoms with Crippen LogP contribution in [0.2, 0.25) is 0 Å². The molecule has 0 aliphatic carbocycles. The molecule has 0 aliphatic rings. The number of nitrogens with two attached hydrogens (primary N) is 1. The molecule has 20 heavy (non-hydrogen) atoms. The van der Waals surface area contributed by atoms with E-state index in [2.05, 4.69) is 20.7 Å². The number of aryl methyl sites for hydroxylation is 1. The minimum atomic E-state index is -3.49. The van der Waals surface area contributed by atoms with Gasteiger partial charge in [-0.25, -0.2) is 8.42 Å². The molecule has 0 radical (unpaired) electrons. The molecule has 0 aromatic heterocycles. The first-order valence-corrected chi connectivity index (χ1v) is 8.42. The summed E-state index contributed by atoms with van der Waals surface area (Å²) in [6.45, 7) is 1.90. The van der Waals surface area contributed by atoms with Crippen molar-refractivity contribution in [3.05, 3.63) is 58.1 Å². The maximum atomic E-state index is 12.1. The smallest absolute Gasteiger partial charge is 0.236 e. The third kappa shape index (κ3) is 3.74. The van der Waals surface area contributed by atoms with Crippen LogP contribution in [-0.2, 0) is 15.8 Å². The number of halogens is 1. The van der Waals surface area contributed by atoms with E-state index in [1.54, 1.807) is 36.4 Å². The Morgan fingerprint density at radius 2 is 1.90 bits per heavy atom. The quantitative estimate of drug-likeness (QED) is 0.827. The summed E-state index contributed by atoms with van der Waals surface area (Å²) in [5.41, 5.74) is 8.34. The number of hydrogen-bond acceptors (Lipinski definition) is 3. The number of hydrogen-bond donors (Lipinski definition) is 2. The van der Waals surface area contributed by atoms with Crippen LogP contribution in [0, 0.1) is 6.92 Å². The highest BCUT2D eigenvalue weighted by atomic mass is 79.9. The van der Waals surface area contributed by atoms with Gasteiger partial charge in [0, 0.05) is 15.8 Å². The average Bonchev–Trinajstić information content (AvgIpc) is 2.36. The van der Waals surface area contributed by atoms with E-state index >= 15 is 0 Å². The van der Waals surface area contributed by atoms with Gasteiger partial charge in [-0.15, -0.1) is 0 Å². The summed E-state index contributed by atoms with van der Waals surface area (Å²) in [7, 11) is -3.49. The van der Waals surface area contributed by atoms with Crippen LogP contribution in [0.15, 0.2) is 46.9 Å². The number of para-hydroxylation sites is 1. The maximum Gasteiger partial charge on any atom is 0.236 e. The lowest BCUT2D eigenvalue weighted by atomic mass is 10.2. The van der Waals surface area contributed by atoms with Crippen molar-refractivity contribution in [3.8, 4) is 0 Å². The molecule has 0 fully saturated rings. The summed E-state index contributed by atoms with van der Waals surface area (Å²) < 4.78 is 27.8. The monoisotopic (exact) mass is 354 g/mol. The molecule has 6 heteroatoms. The molecule has 0 aliphatic heterocycles. The van der Waals surface area contributed by atoms with E-state index in [9.17, 15) is 8.42 Å². The molecule has 3 N–H and O–H groups in total. The number of nitrogen functional groups attached to an aromatic ring is 1. The molecule has 0 amide bonds. The van der Waals surface area contributed by atoms with Gasteiger partial charge in [-0.1, -0.05) is 34.1 Å². The van der Waals surface area contributed by atoms with Crippen LogP contribution in [0.5, 0.6) is 0 Å². The van der Waals surface area contributed by atoms with Crippen LogP contribution in [0.25, 0.3) is 0 Å². The molecule has 0 unspecified atom stereocenters. The van der Waals surface area contributed by atoms with Gasteiger partial charge in [-0.05, 0) is 42.3 Å². The van der Waals surface area contributed by atoms with E-state index in [0.717, 1.165) is 10.0 Å². The largest absolute Gasteiger partial charge is 0.398 e. The van der Waals surface area contributed by atoms with E-state index in [0.29, 0.717) is 16.9 Å². The van der Waals surface area contributed by atoms with Crippen LogP contribution in [0.3, 0.4) is 0 Å². The Morgan fingerprint density at radius 3 is 2.55 bits per heavy atom.